The van der Waals surface area contributed by atoms with Crippen LogP contribution >= 0.6 is 0 Å². The third kappa shape index (κ3) is 2.23. The molecule has 0 aromatic heterocycles. The van der Waals surface area contributed by atoms with Crippen LogP contribution in [-0.2, 0) is 11.3 Å². The first-order valence-electron chi connectivity index (χ1n) is 6.94. The van der Waals surface area contributed by atoms with Gasteiger partial charge in [0.1, 0.15) is 0 Å². The maximum Gasteiger partial charge on any atom is 0.226 e. The van der Waals surface area contributed by atoms with Crippen LogP contribution in [-0.4, -0.2) is 17.9 Å². The Morgan fingerprint density at radius 2 is 2.16 bits per heavy atom. The Labute approximate surface area is 113 Å². The third-order valence-electron chi connectivity index (χ3n) is 4.54. The smallest absolute Gasteiger partial charge is 0.226 e. The van der Waals surface area contributed by atoms with E-state index in [-0.39, 0.29) is 11.8 Å². The summed E-state index contributed by atoms with van der Waals surface area (Å²) in [6.07, 6.45) is 3.77. The van der Waals surface area contributed by atoms with Gasteiger partial charge >= 0.3 is 0 Å². The number of benzene rings is 1. The van der Waals surface area contributed by atoms with Crippen LogP contribution in [0.15, 0.2) is 24.3 Å². The van der Waals surface area contributed by atoms with Gasteiger partial charge in [-0.25, -0.2) is 0 Å². The maximum atomic E-state index is 12.3. The van der Waals surface area contributed by atoms with E-state index in [4.69, 9.17) is 5.26 Å². The van der Waals surface area contributed by atoms with Gasteiger partial charge in [-0.3, -0.25) is 4.79 Å². The van der Waals surface area contributed by atoms with Crippen molar-refractivity contribution in [3.63, 3.8) is 0 Å². The van der Waals surface area contributed by atoms with E-state index in [2.05, 4.69) is 6.07 Å². The Kier molecular flexibility index (Phi) is 3.02. The molecule has 2 fully saturated rings. The minimum atomic E-state index is 0.289. The largest absolute Gasteiger partial charge is 0.341 e. The zero-order chi connectivity index (χ0) is 13.4. The van der Waals surface area contributed by atoms with E-state index in [0.29, 0.717) is 23.9 Å². The fourth-order valence-electron chi connectivity index (χ4n) is 3.53. The van der Waals surface area contributed by atoms with Gasteiger partial charge in [0.05, 0.1) is 11.6 Å². The highest BCUT2D eigenvalue weighted by molar-refractivity contribution is 5.82. The van der Waals surface area contributed by atoms with Crippen LogP contribution in [0.25, 0.3) is 0 Å². The number of nitriles is 1. The molecule has 2 saturated carbocycles. The molecule has 3 nitrogen and oxygen atoms in total. The monoisotopic (exact) mass is 254 g/mol. The van der Waals surface area contributed by atoms with Crippen molar-refractivity contribution in [3.05, 3.63) is 35.4 Å². The summed E-state index contributed by atoms with van der Waals surface area (Å²) in [6.45, 7) is 0.601. The predicted octanol–water partition coefficient (Wildman–Crippen LogP) is 2.56. The molecule has 2 aliphatic carbocycles. The van der Waals surface area contributed by atoms with E-state index in [1.54, 1.807) is 6.07 Å². The molecule has 0 N–H and O–H groups in total. The quantitative estimate of drug-likeness (QED) is 0.832. The molecular formula is C16H18N2O. The molecule has 0 aliphatic heterocycles. The normalized spacial score (nSPS) is 27.5. The number of fused-ring (bicyclic) bond motifs is 1. The molecule has 3 heteroatoms. The summed E-state index contributed by atoms with van der Waals surface area (Å²) in [5.41, 5.74) is 1.68. The molecule has 3 rings (SSSR count). The predicted molar refractivity (Wildman–Crippen MR) is 72.0 cm³/mol. The minimum Gasteiger partial charge on any atom is -0.341 e. The van der Waals surface area contributed by atoms with Crippen molar-refractivity contribution in [1.29, 1.82) is 5.26 Å². The summed E-state index contributed by atoms with van der Waals surface area (Å²) in [4.78, 5) is 14.2. The number of nitrogens with zero attached hydrogens (tertiary/aromatic N) is 2. The van der Waals surface area contributed by atoms with Gasteiger partial charge in [-0.1, -0.05) is 18.6 Å². The van der Waals surface area contributed by atoms with Crippen molar-refractivity contribution in [3.8, 4) is 6.07 Å². The number of carbonyl (C=O) groups excluding carboxylic acids is 1. The van der Waals surface area contributed by atoms with Crippen LogP contribution in [0, 0.1) is 29.1 Å². The summed E-state index contributed by atoms with van der Waals surface area (Å²) in [6, 6.07) is 9.62. The summed E-state index contributed by atoms with van der Waals surface area (Å²) < 4.78 is 0. The van der Waals surface area contributed by atoms with Gasteiger partial charge in [0.15, 0.2) is 0 Å². The van der Waals surface area contributed by atoms with Gasteiger partial charge in [0, 0.05) is 19.5 Å². The van der Waals surface area contributed by atoms with E-state index in [9.17, 15) is 4.79 Å². The second-order valence-corrected chi connectivity index (χ2v) is 5.79. The Hall–Kier alpha value is -1.82. The first-order chi connectivity index (χ1) is 9.20. The fourth-order valence-corrected chi connectivity index (χ4v) is 3.53. The Bertz CT molecular complexity index is 536. The molecule has 1 aromatic carbocycles. The SMILES string of the molecule is CN(Cc1cccc(C#N)c1)C(=O)C1C2CCCC21. The Balaban J connectivity index is 1.63. The van der Waals surface area contributed by atoms with Crippen LogP contribution in [0.5, 0.6) is 0 Å². The highest BCUT2D eigenvalue weighted by Gasteiger charge is 2.57. The number of carbonyl (C=O) groups is 1. The lowest BCUT2D eigenvalue weighted by molar-refractivity contribution is -0.132. The minimum absolute atomic E-state index is 0.289. The van der Waals surface area contributed by atoms with Crippen molar-refractivity contribution in [2.75, 3.05) is 7.05 Å². The lowest BCUT2D eigenvalue weighted by Gasteiger charge is -2.18. The molecule has 98 valence electrons. The van der Waals surface area contributed by atoms with Crippen LogP contribution in [0.1, 0.15) is 30.4 Å². The fraction of sp³-hybridized carbons (Fsp3) is 0.500. The molecule has 2 aliphatic rings. The molecule has 0 saturated heterocycles. The van der Waals surface area contributed by atoms with Crippen molar-refractivity contribution in [1.82, 2.24) is 4.90 Å². The molecule has 1 amide bonds. The van der Waals surface area contributed by atoms with Crippen molar-refractivity contribution < 1.29 is 4.79 Å². The second-order valence-electron chi connectivity index (χ2n) is 5.79. The van der Waals surface area contributed by atoms with Crippen molar-refractivity contribution in [2.24, 2.45) is 17.8 Å². The summed E-state index contributed by atoms with van der Waals surface area (Å²) in [5, 5.41) is 8.88. The number of hydrogen-bond acceptors (Lipinski definition) is 2. The van der Waals surface area contributed by atoms with Gasteiger partial charge in [-0.05, 0) is 42.4 Å². The molecule has 2 unspecified atom stereocenters. The van der Waals surface area contributed by atoms with Crippen LogP contribution in [0.2, 0.25) is 0 Å². The number of amides is 1. The first kappa shape index (κ1) is 12.2. The van der Waals surface area contributed by atoms with Crippen LogP contribution in [0.3, 0.4) is 0 Å². The molecule has 19 heavy (non-hydrogen) atoms. The Morgan fingerprint density at radius 3 is 2.84 bits per heavy atom. The lowest BCUT2D eigenvalue weighted by Crippen LogP contribution is -2.29. The zero-order valence-electron chi connectivity index (χ0n) is 11.2. The van der Waals surface area contributed by atoms with E-state index in [1.807, 2.05) is 30.1 Å². The van der Waals surface area contributed by atoms with Gasteiger partial charge < -0.3 is 4.90 Å². The molecule has 0 heterocycles. The van der Waals surface area contributed by atoms with Gasteiger partial charge in [-0.15, -0.1) is 0 Å². The van der Waals surface area contributed by atoms with Crippen molar-refractivity contribution >= 4 is 5.91 Å². The lowest BCUT2D eigenvalue weighted by atomic mass is 10.1. The maximum absolute atomic E-state index is 12.3. The highest BCUT2D eigenvalue weighted by atomic mass is 16.2. The standard InChI is InChI=1S/C16H18N2O/c1-18(10-12-5-2-4-11(8-12)9-17)16(19)15-13-6-3-7-14(13)15/h2,4-5,8,13-15H,3,6-7,10H2,1H3. The molecule has 0 spiro atoms. The Morgan fingerprint density at radius 1 is 1.42 bits per heavy atom. The number of hydrogen-bond donors (Lipinski definition) is 0. The van der Waals surface area contributed by atoms with Gasteiger partial charge in [0.25, 0.3) is 0 Å². The summed E-state index contributed by atoms with van der Waals surface area (Å²) in [5.74, 6) is 1.91. The second kappa shape index (κ2) is 4.70. The van der Waals surface area contributed by atoms with Crippen LogP contribution < -0.4 is 0 Å². The van der Waals surface area contributed by atoms with Gasteiger partial charge in [0.2, 0.25) is 5.91 Å². The zero-order valence-corrected chi connectivity index (χ0v) is 11.2. The van der Waals surface area contributed by atoms with E-state index in [1.165, 1.54) is 19.3 Å². The van der Waals surface area contributed by atoms with E-state index >= 15 is 0 Å². The average Bonchev–Trinajstić information content (AvgIpc) is 2.90. The molecule has 0 radical (unpaired) electrons. The van der Waals surface area contributed by atoms with Crippen molar-refractivity contribution in [2.45, 2.75) is 25.8 Å². The number of rotatable bonds is 3. The van der Waals surface area contributed by atoms with E-state index in [0.717, 1.165) is 5.56 Å². The topological polar surface area (TPSA) is 44.1 Å². The summed E-state index contributed by atoms with van der Waals surface area (Å²) >= 11 is 0. The van der Waals surface area contributed by atoms with Gasteiger partial charge in [-0.2, -0.15) is 5.26 Å². The first-order valence-corrected chi connectivity index (χ1v) is 6.94. The van der Waals surface area contributed by atoms with Crippen LogP contribution in [0.4, 0.5) is 0 Å². The van der Waals surface area contributed by atoms with E-state index < -0.39 is 0 Å². The molecule has 0 bridgehead atoms. The molecular weight excluding hydrogens is 236 g/mol. The molecule has 1 aromatic rings. The molecule has 2 atom stereocenters. The summed E-state index contributed by atoms with van der Waals surface area (Å²) in [7, 11) is 1.87. The third-order valence-corrected chi connectivity index (χ3v) is 4.54. The highest BCUT2D eigenvalue weighted by Crippen LogP contribution is 2.58. The average molecular weight is 254 g/mol.